The summed E-state index contributed by atoms with van der Waals surface area (Å²) in [6.45, 7) is 11.0. The smallest absolute Gasteiger partial charge is 0.0467 e. The average Bonchev–Trinajstić information content (AvgIpc) is 2.42. The summed E-state index contributed by atoms with van der Waals surface area (Å²) in [6.07, 6.45) is 14.7. The van der Waals surface area contributed by atoms with Gasteiger partial charge in [-0.15, -0.1) is 6.58 Å². The van der Waals surface area contributed by atoms with Crippen LogP contribution < -0.4 is 0 Å². The summed E-state index contributed by atoms with van der Waals surface area (Å²) in [5.41, 5.74) is 1.22. The Labute approximate surface area is 116 Å². The van der Waals surface area contributed by atoms with Crippen molar-refractivity contribution in [3.05, 3.63) is 48.6 Å². The van der Waals surface area contributed by atoms with Crippen molar-refractivity contribution < 1.29 is 0 Å². The molecule has 0 N–H and O–H groups in total. The maximum atomic E-state index is 3.85. The Hall–Kier alpha value is -0.890. The summed E-state index contributed by atoms with van der Waals surface area (Å²) in [5, 5.41) is 2.12. The van der Waals surface area contributed by atoms with Crippen molar-refractivity contribution in [2.45, 2.75) is 39.0 Å². The van der Waals surface area contributed by atoms with Crippen LogP contribution in [0.4, 0.5) is 0 Å². The molecule has 1 nitrogen and oxygen atoms in total. The van der Waals surface area contributed by atoms with Gasteiger partial charge in [0.05, 0.1) is 0 Å². The Morgan fingerprint density at radius 1 is 1.28 bits per heavy atom. The predicted octanol–water partition coefficient (Wildman–Crippen LogP) is 5.31. The first kappa shape index (κ1) is 15.2. The molecule has 0 bridgehead atoms. The first-order valence-electron chi connectivity index (χ1n) is 6.84. The van der Waals surface area contributed by atoms with Crippen molar-refractivity contribution >= 4 is 11.9 Å². The van der Waals surface area contributed by atoms with Crippen LogP contribution in [0.15, 0.2) is 48.6 Å². The number of unbranched alkanes of at least 4 members (excludes halogenated alkanes) is 3. The zero-order chi connectivity index (χ0) is 13.2. The minimum atomic E-state index is 0.670. The van der Waals surface area contributed by atoms with Gasteiger partial charge in [-0.25, -0.2) is 0 Å². The van der Waals surface area contributed by atoms with E-state index < -0.39 is 0 Å². The summed E-state index contributed by atoms with van der Waals surface area (Å²) in [6, 6.07) is 0. The largest absolute Gasteiger partial charge is 0.313 e. The minimum Gasteiger partial charge on any atom is -0.313 e. The maximum absolute atomic E-state index is 3.85. The number of hydrogen-bond acceptors (Lipinski definition) is 2. The second kappa shape index (κ2) is 9.09. The molecule has 0 aromatic rings. The number of nitrogens with zero attached hydrogens (tertiary/aromatic N) is 1. The molecule has 0 fully saturated rings. The van der Waals surface area contributed by atoms with Crippen molar-refractivity contribution in [3.8, 4) is 0 Å². The van der Waals surface area contributed by atoms with E-state index in [1.165, 1.54) is 37.8 Å². The monoisotopic (exact) mass is 263 g/mol. The van der Waals surface area contributed by atoms with E-state index >= 15 is 0 Å². The molecule has 0 aliphatic carbocycles. The highest BCUT2D eigenvalue weighted by atomic mass is 32.2. The third-order valence-electron chi connectivity index (χ3n) is 3.20. The van der Waals surface area contributed by atoms with E-state index in [9.17, 15) is 0 Å². The van der Waals surface area contributed by atoms with Gasteiger partial charge < -0.3 is 4.31 Å². The molecule has 2 heteroatoms. The van der Waals surface area contributed by atoms with Gasteiger partial charge in [0, 0.05) is 12.2 Å². The lowest BCUT2D eigenvalue weighted by Gasteiger charge is -2.24. The van der Waals surface area contributed by atoms with E-state index in [4.69, 9.17) is 0 Å². The third kappa shape index (κ3) is 5.63. The normalized spacial score (nSPS) is 16.3. The van der Waals surface area contributed by atoms with Gasteiger partial charge in [0.1, 0.15) is 0 Å². The van der Waals surface area contributed by atoms with E-state index in [-0.39, 0.29) is 0 Å². The topological polar surface area (TPSA) is 3.24 Å². The highest BCUT2D eigenvalue weighted by Gasteiger charge is 2.07. The fourth-order valence-electron chi connectivity index (χ4n) is 1.94. The van der Waals surface area contributed by atoms with Crippen LogP contribution in [-0.4, -0.2) is 10.8 Å². The Morgan fingerprint density at radius 3 is 2.78 bits per heavy atom. The Kier molecular flexibility index (Phi) is 7.66. The molecular weight excluding hydrogens is 238 g/mol. The SMILES string of the molecule is C=CC1=CC=CSN1CCCCCCC(C)C=C. The first-order chi connectivity index (χ1) is 8.77. The quantitative estimate of drug-likeness (QED) is 0.315. The maximum Gasteiger partial charge on any atom is 0.0467 e. The van der Waals surface area contributed by atoms with E-state index in [0.717, 1.165) is 6.54 Å². The molecule has 0 saturated carbocycles. The van der Waals surface area contributed by atoms with Crippen LogP contribution in [0.25, 0.3) is 0 Å². The van der Waals surface area contributed by atoms with Gasteiger partial charge in [-0.1, -0.05) is 44.9 Å². The van der Waals surface area contributed by atoms with Crippen LogP contribution in [0.5, 0.6) is 0 Å². The molecule has 1 unspecified atom stereocenters. The van der Waals surface area contributed by atoms with Gasteiger partial charge in [0.2, 0.25) is 0 Å². The summed E-state index contributed by atoms with van der Waals surface area (Å²) < 4.78 is 2.32. The zero-order valence-corrected chi connectivity index (χ0v) is 12.3. The predicted molar refractivity (Wildman–Crippen MR) is 84.2 cm³/mol. The van der Waals surface area contributed by atoms with Crippen molar-refractivity contribution in [3.63, 3.8) is 0 Å². The van der Waals surface area contributed by atoms with E-state index in [1.54, 1.807) is 11.9 Å². The second-order valence-corrected chi connectivity index (χ2v) is 5.67. The molecule has 1 rings (SSSR count). The third-order valence-corrected chi connectivity index (χ3v) is 4.13. The molecule has 18 heavy (non-hydrogen) atoms. The highest BCUT2D eigenvalue weighted by molar-refractivity contribution is 8.00. The lowest BCUT2D eigenvalue weighted by molar-refractivity contribution is 0.507. The number of hydrogen-bond donors (Lipinski definition) is 0. The lowest BCUT2D eigenvalue weighted by atomic mass is 10.0. The molecule has 0 saturated heterocycles. The fraction of sp³-hybridized carbons (Fsp3) is 0.500. The Bertz CT molecular complexity index is 317. The number of rotatable bonds is 9. The van der Waals surface area contributed by atoms with E-state index in [1.807, 2.05) is 6.08 Å². The van der Waals surface area contributed by atoms with Crippen LogP contribution >= 0.6 is 11.9 Å². The van der Waals surface area contributed by atoms with Crippen LogP contribution in [0.3, 0.4) is 0 Å². The van der Waals surface area contributed by atoms with Crippen molar-refractivity contribution in [1.29, 1.82) is 0 Å². The molecule has 100 valence electrons. The van der Waals surface area contributed by atoms with Gasteiger partial charge in [-0.05, 0) is 48.3 Å². The Morgan fingerprint density at radius 2 is 2.06 bits per heavy atom. The molecule has 1 heterocycles. The van der Waals surface area contributed by atoms with Gasteiger partial charge in [0.15, 0.2) is 0 Å². The van der Waals surface area contributed by atoms with Crippen LogP contribution in [0.2, 0.25) is 0 Å². The molecule has 1 atom stereocenters. The average molecular weight is 263 g/mol. The minimum absolute atomic E-state index is 0.670. The van der Waals surface area contributed by atoms with Crippen molar-refractivity contribution in [2.75, 3.05) is 6.54 Å². The second-order valence-electron chi connectivity index (χ2n) is 4.75. The van der Waals surface area contributed by atoms with Crippen LogP contribution in [0, 0.1) is 5.92 Å². The molecule has 0 radical (unpaired) electrons. The van der Waals surface area contributed by atoms with Crippen LogP contribution in [-0.2, 0) is 0 Å². The van der Waals surface area contributed by atoms with Gasteiger partial charge in [-0.3, -0.25) is 0 Å². The summed E-state index contributed by atoms with van der Waals surface area (Å²) >= 11 is 1.77. The molecule has 0 amide bonds. The fourth-order valence-corrected chi connectivity index (χ4v) is 2.72. The molecule has 0 spiro atoms. The molecule has 1 aliphatic heterocycles. The molecule has 0 aromatic carbocycles. The zero-order valence-electron chi connectivity index (χ0n) is 11.5. The summed E-state index contributed by atoms with van der Waals surface area (Å²) in [4.78, 5) is 0. The summed E-state index contributed by atoms with van der Waals surface area (Å²) in [7, 11) is 0. The lowest BCUT2D eigenvalue weighted by Crippen LogP contribution is -2.15. The van der Waals surface area contributed by atoms with Gasteiger partial charge >= 0.3 is 0 Å². The molecule has 1 aliphatic rings. The standard InChI is InChI=1S/C16H25NS/c1-4-15(3)11-8-6-7-9-13-17-16(5-2)12-10-14-18-17/h4-5,10,12,14-15H,1-2,6-9,11,13H2,3H3. The van der Waals surface area contributed by atoms with E-state index in [0.29, 0.717) is 5.92 Å². The molecule has 0 aromatic heterocycles. The van der Waals surface area contributed by atoms with Crippen LogP contribution in [0.1, 0.15) is 39.0 Å². The Balaban J connectivity index is 2.07. The van der Waals surface area contributed by atoms with Crippen molar-refractivity contribution in [2.24, 2.45) is 5.92 Å². The van der Waals surface area contributed by atoms with E-state index in [2.05, 4.69) is 48.0 Å². The highest BCUT2D eigenvalue weighted by Crippen LogP contribution is 2.24. The van der Waals surface area contributed by atoms with Crippen molar-refractivity contribution in [1.82, 2.24) is 4.31 Å². The summed E-state index contributed by atoms with van der Waals surface area (Å²) in [5.74, 6) is 0.670. The first-order valence-corrected chi connectivity index (χ1v) is 7.67. The number of allylic oxidation sites excluding steroid dienone is 4. The van der Waals surface area contributed by atoms with Gasteiger partial charge in [0.25, 0.3) is 0 Å². The molecular formula is C16H25NS. The van der Waals surface area contributed by atoms with Gasteiger partial charge in [-0.2, -0.15) is 0 Å².